The lowest BCUT2D eigenvalue weighted by Gasteiger charge is -2.21. The van der Waals surface area contributed by atoms with Crippen LogP contribution in [0.1, 0.15) is 6.42 Å². The van der Waals surface area contributed by atoms with Crippen LogP contribution in [0.3, 0.4) is 0 Å². The van der Waals surface area contributed by atoms with E-state index in [9.17, 15) is 10.1 Å². The van der Waals surface area contributed by atoms with Crippen molar-refractivity contribution in [2.45, 2.75) is 12.5 Å². The first-order chi connectivity index (χ1) is 5.29. The summed E-state index contributed by atoms with van der Waals surface area (Å²) in [5, 5.41) is 13.1. The molecule has 0 bridgehead atoms. The van der Waals surface area contributed by atoms with E-state index < -0.39 is 0 Å². The third kappa shape index (κ3) is 3.29. The topological polar surface area (TPSA) is 64.4 Å². The second-order valence-electron chi connectivity index (χ2n) is 2.54. The summed E-state index contributed by atoms with van der Waals surface area (Å²) in [7, 11) is 0. The molecular formula is C6H12N2O3. The monoisotopic (exact) mass is 160 g/mol. The number of nitrogens with zero attached hydrogens (tertiary/aromatic N) is 1. The zero-order chi connectivity index (χ0) is 8.10. The second kappa shape index (κ2) is 4.25. The number of morpholine rings is 1. The number of hydrogen-bond donors (Lipinski definition) is 1. The first-order valence-electron chi connectivity index (χ1n) is 3.73. The van der Waals surface area contributed by atoms with Gasteiger partial charge < -0.3 is 10.1 Å². The Morgan fingerprint density at radius 2 is 2.55 bits per heavy atom. The SMILES string of the molecule is O=[N+]([O-])CCC1CNCCO1. The summed E-state index contributed by atoms with van der Waals surface area (Å²) < 4.78 is 5.26. The Balaban J connectivity index is 2.09. The van der Waals surface area contributed by atoms with Crippen LogP contribution in [0.15, 0.2) is 0 Å². The van der Waals surface area contributed by atoms with Crippen LogP contribution in [-0.4, -0.2) is 37.3 Å². The first-order valence-corrected chi connectivity index (χ1v) is 3.73. The summed E-state index contributed by atoms with van der Waals surface area (Å²) in [4.78, 5) is 9.66. The molecule has 1 heterocycles. The average molecular weight is 160 g/mol. The zero-order valence-corrected chi connectivity index (χ0v) is 6.28. The number of hydrogen-bond acceptors (Lipinski definition) is 4. The van der Waals surface area contributed by atoms with Crippen molar-refractivity contribution in [3.05, 3.63) is 10.1 Å². The normalized spacial score (nSPS) is 24.9. The Labute approximate surface area is 64.9 Å². The number of nitro groups is 1. The highest BCUT2D eigenvalue weighted by atomic mass is 16.6. The van der Waals surface area contributed by atoms with Gasteiger partial charge in [-0.2, -0.15) is 0 Å². The highest BCUT2D eigenvalue weighted by molar-refractivity contribution is 4.65. The fourth-order valence-corrected chi connectivity index (χ4v) is 1.05. The molecule has 1 rings (SSSR count). The molecule has 1 N–H and O–H groups in total. The van der Waals surface area contributed by atoms with E-state index in [0.717, 1.165) is 13.1 Å². The summed E-state index contributed by atoms with van der Waals surface area (Å²) in [6.45, 7) is 2.28. The molecule has 1 aliphatic rings. The van der Waals surface area contributed by atoms with Crippen molar-refractivity contribution in [1.82, 2.24) is 5.32 Å². The molecule has 0 amide bonds. The predicted octanol–water partition coefficient (Wildman–Crippen LogP) is -0.358. The van der Waals surface area contributed by atoms with Gasteiger partial charge in [0.1, 0.15) is 0 Å². The van der Waals surface area contributed by atoms with Crippen molar-refractivity contribution < 1.29 is 9.66 Å². The maximum Gasteiger partial charge on any atom is 0.206 e. The lowest BCUT2D eigenvalue weighted by molar-refractivity contribution is -0.482. The van der Waals surface area contributed by atoms with Crippen molar-refractivity contribution in [3.63, 3.8) is 0 Å². The Bertz CT molecular complexity index is 134. The molecule has 0 aromatic heterocycles. The van der Waals surface area contributed by atoms with Gasteiger partial charge in [-0.3, -0.25) is 10.1 Å². The minimum absolute atomic E-state index is 0.00630. The molecular weight excluding hydrogens is 148 g/mol. The molecule has 0 aromatic carbocycles. The number of rotatable bonds is 3. The van der Waals surface area contributed by atoms with Crippen LogP contribution >= 0.6 is 0 Å². The maximum atomic E-state index is 9.97. The van der Waals surface area contributed by atoms with Gasteiger partial charge >= 0.3 is 0 Å². The maximum absolute atomic E-state index is 9.97. The Morgan fingerprint density at radius 1 is 1.73 bits per heavy atom. The van der Waals surface area contributed by atoms with E-state index in [4.69, 9.17) is 4.74 Å². The molecule has 0 spiro atoms. The molecule has 64 valence electrons. The molecule has 1 unspecified atom stereocenters. The lowest BCUT2D eigenvalue weighted by Crippen LogP contribution is -2.39. The second-order valence-corrected chi connectivity index (χ2v) is 2.54. The minimum atomic E-state index is -0.308. The van der Waals surface area contributed by atoms with E-state index in [-0.39, 0.29) is 17.6 Å². The highest BCUT2D eigenvalue weighted by Crippen LogP contribution is 2.00. The summed E-state index contributed by atoms with van der Waals surface area (Å²) in [5.74, 6) is 0. The predicted molar refractivity (Wildman–Crippen MR) is 39.1 cm³/mol. The molecule has 5 heteroatoms. The van der Waals surface area contributed by atoms with E-state index in [1.165, 1.54) is 0 Å². The molecule has 1 fully saturated rings. The standard InChI is InChI=1S/C6H12N2O3/c9-8(10)3-1-6-5-7-2-4-11-6/h6-7H,1-5H2. The summed E-state index contributed by atoms with van der Waals surface area (Å²) >= 11 is 0. The van der Waals surface area contributed by atoms with E-state index in [1.807, 2.05) is 0 Å². The molecule has 1 saturated heterocycles. The minimum Gasteiger partial charge on any atom is -0.375 e. The van der Waals surface area contributed by atoms with E-state index in [1.54, 1.807) is 0 Å². The van der Waals surface area contributed by atoms with Gasteiger partial charge in [-0.1, -0.05) is 0 Å². The van der Waals surface area contributed by atoms with Gasteiger partial charge in [-0.05, 0) is 0 Å². The van der Waals surface area contributed by atoms with Crippen LogP contribution in [0.5, 0.6) is 0 Å². The third-order valence-electron chi connectivity index (χ3n) is 1.64. The van der Waals surface area contributed by atoms with Crippen LogP contribution in [0.2, 0.25) is 0 Å². The Kier molecular flexibility index (Phi) is 3.25. The largest absolute Gasteiger partial charge is 0.375 e. The van der Waals surface area contributed by atoms with Crippen molar-refractivity contribution in [3.8, 4) is 0 Å². The van der Waals surface area contributed by atoms with E-state index in [2.05, 4.69) is 5.32 Å². The van der Waals surface area contributed by atoms with Crippen LogP contribution in [0.25, 0.3) is 0 Å². The van der Waals surface area contributed by atoms with Gasteiger partial charge in [-0.25, -0.2) is 0 Å². The molecule has 1 aliphatic heterocycles. The molecule has 1 atom stereocenters. The average Bonchev–Trinajstić information content (AvgIpc) is 2.03. The van der Waals surface area contributed by atoms with Gasteiger partial charge in [0, 0.05) is 24.4 Å². The molecule has 0 aliphatic carbocycles. The van der Waals surface area contributed by atoms with Gasteiger partial charge in [0.05, 0.1) is 12.7 Å². The van der Waals surface area contributed by atoms with Crippen molar-refractivity contribution >= 4 is 0 Å². The van der Waals surface area contributed by atoms with E-state index >= 15 is 0 Å². The van der Waals surface area contributed by atoms with Gasteiger partial charge in [0.25, 0.3) is 0 Å². The van der Waals surface area contributed by atoms with Crippen LogP contribution in [0, 0.1) is 10.1 Å². The molecule has 5 nitrogen and oxygen atoms in total. The fourth-order valence-electron chi connectivity index (χ4n) is 1.05. The van der Waals surface area contributed by atoms with Crippen molar-refractivity contribution in [2.24, 2.45) is 0 Å². The Morgan fingerprint density at radius 3 is 3.09 bits per heavy atom. The quantitative estimate of drug-likeness (QED) is 0.452. The third-order valence-corrected chi connectivity index (χ3v) is 1.64. The molecule has 0 radical (unpaired) electrons. The van der Waals surface area contributed by atoms with Gasteiger partial charge in [0.15, 0.2) is 0 Å². The van der Waals surface area contributed by atoms with Crippen molar-refractivity contribution in [1.29, 1.82) is 0 Å². The molecule has 0 saturated carbocycles. The Hall–Kier alpha value is -0.680. The summed E-state index contributed by atoms with van der Waals surface area (Å²) in [5.41, 5.74) is 0. The number of ether oxygens (including phenoxy) is 1. The molecule has 0 aromatic rings. The van der Waals surface area contributed by atoms with Gasteiger partial charge in [-0.15, -0.1) is 0 Å². The van der Waals surface area contributed by atoms with Crippen LogP contribution in [0.4, 0.5) is 0 Å². The smallest absolute Gasteiger partial charge is 0.206 e. The first kappa shape index (κ1) is 8.42. The summed E-state index contributed by atoms with van der Waals surface area (Å²) in [6.07, 6.45) is 0.550. The molecule has 11 heavy (non-hydrogen) atoms. The highest BCUT2D eigenvalue weighted by Gasteiger charge is 2.14. The van der Waals surface area contributed by atoms with Crippen molar-refractivity contribution in [2.75, 3.05) is 26.2 Å². The fraction of sp³-hybridized carbons (Fsp3) is 1.00. The lowest BCUT2D eigenvalue weighted by atomic mass is 10.2. The number of nitrogens with one attached hydrogen (secondary N) is 1. The van der Waals surface area contributed by atoms with Crippen LogP contribution in [-0.2, 0) is 4.74 Å². The van der Waals surface area contributed by atoms with Gasteiger partial charge in [0.2, 0.25) is 6.54 Å². The van der Waals surface area contributed by atoms with E-state index in [0.29, 0.717) is 13.0 Å². The van der Waals surface area contributed by atoms with Crippen LogP contribution < -0.4 is 5.32 Å². The zero-order valence-electron chi connectivity index (χ0n) is 6.28. The summed E-state index contributed by atoms with van der Waals surface area (Å²) in [6, 6.07) is 0.